The van der Waals surface area contributed by atoms with Gasteiger partial charge in [-0.3, -0.25) is 0 Å². The summed E-state index contributed by atoms with van der Waals surface area (Å²) in [6, 6.07) is 0. The van der Waals surface area contributed by atoms with Crippen LogP contribution in [0.4, 0.5) is 0 Å². The Morgan fingerprint density at radius 2 is 2.31 bits per heavy atom. The molecular formula is C9H14N4. The van der Waals surface area contributed by atoms with Gasteiger partial charge in [0.2, 0.25) is 0 Å². The average molecular weight is 178 g/mol. The van der Waals surface area contributed by atoms with Crippen molar-refractivity contribution >= 4 is 0 Å². The quantitative estimate of drug-likeness (QED) is 0.686. The Balaban J connectivity index is 1.90. The van der Waals surface area contributed by atoms with Crippen LogP contribution in [0.15, 0.2) is 0 Å². The fraction of sp³-hybridized carbons (Fsp3) is 0.778. The molecule has 3 rings (SSSR count). The molecule has 13 heavy (non-hydrogen) atoms. The molecule has 0 bridgehead atoms. The van der Waals surface area contributed by atoms with E-state index in [1.54, 1.807) is 0 Å². The van der Waals surface area contributed by atoms with Crippen molar-refractivity contribution < 1.29 is 0 Å². The lowest BCUT2D eigenvalue weighted by atomic mass is 9.85. The van der Waals surface area contributed by atoms with Gasteiger partial charge in [-0.25, -0.2) is 9.67 Å². The molecule has 1 aromatic heterocycles. The van der Waals surface area contributed by atoms with Crippen LogP contribution in [0, 0.1) is 0 Å². The highest BCUT2D eigenvalue weighted by Gasteiger charge is 2.25. The van der Waals surface area contributed by atoms with Gasteiger partial charge in [0.1, 0.15) is 5.82 Å². The van der Waals surface area contributed by atoms with Crippen molar-refractivity contribution in [3.05, 3.63) is 11.6 Å². The van der Waals surface area contributed by atoms with Gasteiger partial charge in [0.15, 0.2) is 5.82 Å². The molecule has 0 atom stereocenters. The van der Waals surface area contributed by atoms with Crippen molar-refractivity contribution in [1.82, 2.24) is 20.1 Å². The lowest BCUT2D eigenvalue weighted by Crippen LogP contribution is -2.28. The molecule has 2 aliphatic rings. The van der Waals surface area contributed by atoms with E-state index in [1.165, 1.54) is 19.3 Å². The minimum absolute atomic E-state index is 0.665. The smallest absolute Gasteiger partial charge is 0.154 e. The Morgan fingerprint density at radius 3 is 3.00 bits per heavy atom. The fourth-order valence-electron chi connectivity index (χ4n) is 1.93. The third-order valence-electron chi connectivity index (χ3n) is 3.02. The van der Waals surface area contributed by atoms with Crippen LogP contribution >= 0.6 is 0 Å². The molecule has 4 heteroatoms. The van der Waals surface area contributed by atoms with Crippen molar-refractivity contribution in [3.63, 3.8) is 0 Å². The number of rotatable bonds is 1. The maximum absolute atomic E-state index is 4.56. The molecular weight excluding hydrogens is 164 g/mol. The summed E-state index contributed by atoms with van der Waals surface area (Å²) in [5.74, 6) is 2.87. The van der Waals surface area contributed by atoms with E-state index in [0.717, 1.165) is 31.3 Å². The molecule has 4 nitrogen and oxygen atoms in total. The summed E-state index contributed by atoms with van der Waals surface area (Å²) < 4.78 is 2.06. The lowest BCUT2D eigenvalue weighted by Gasteiger charge is -2.21. The van der Waals surface area contributed by atoms with Crippen molar-refractivity contribution in [2.75, 3.05) is 6.54 Å². The van der Waals surface area contributed by atoms with E-state index >= 15 is 0 Å². The van der Waals surface area contributed by atoms with Crippen LogP contribution in [-0.2, 0) is 13.1 Å². The van der Waals surface area contributed by atoms with Crippen molar-refractivity contribution in [3.8, 4) is 0 Å². The monoisotopic (exact) mass is 178 g/mol. The second kappa shape index (κ2) is 2.80. The van der Waals surface area contributed by atoms with Gasteiger partial charge in [0.25, 0.3) is 0 Å². The van der Waals surface area contributed by atoms with Crippen LogP contribution in [0.3, 0.4) is 0 Å². The highest BCUT2D eigenvalue weighted by molar-refractivity contribution is 5.03. The molecule has 0 radical (unpaired) electrons. The topological polar surface area (TPSA) is 42.7 Å². The average Bonchev–Trinajstić information content (AvgIpc) is 2.43. The predicted octanol–water partition coefficient (Wildman–Crippen LogP) is 0.649. The molecule has 0 unspecified atom stereocenters. The first-order valence-corrected chi connectivity index (χ1v) is 5.08. The number of fused-ring (bicyclic) bond motifs is 1. The van der Waals surface area contributed by atoms with E-state index in [2.05, 4.69) is 20.1 Å². The Labute approximate surface area is 77.4 Å². The van der Waals surface area contributed by atoms with Crippen molar-refractivity contribution in [2.24, 2.45) is 0 Å². The van der Waals surface area contributed by atoms with Crippen LogP contribution in [-0.4, -0.2) is 21.3 Å². The maximum Gasteiger partial charge on any atom is 0.154 e. The Bertz CT molecular complexity index is 290. The first kappa shape index (κ1) is 7.50. The highest BCUT2D eigenvalue weighted by Crippen LogP contribution is 2.34. The van der Waals surface area contributed by atoms with Crippen LogP contribution in [0.1, 0.15) is 36.8 Å². The number of hydrogen-bond acceptors (Lipinski definition) is 3. The molecule has 0 amide bonds. The first-order valence-electron chi connectivity index (χ1n) is 5.08. The third-order valence-corrected chi connectivity index (χ3v) is 3.02. The van der Waals surface area contributed by atoms with Crippen molar-refractivity contribution in [1.29, 1.82) is 0 Å². The van der Waals surface area contributed by atoms with E-state index in [0.29, 0.717) is 5.92 Å². The van der Waals surface area contributed by atoms with Gasteiger partial charge in [-0.05, 0) is 12.8 Å². The van der Waals surface area contributed by atoms with Gasteiger partial charge in [-0.15, -0.1) is 0 Å². The molecule has 1 N–H and O–H groups in total. The minimum Gasteiger partial charge on any atom is -0.308 e. The van der Waals surface area contributed by atoms with E-state index < -0.39 is 0 Å². The number of aromatic nitrogens is 3. The molecule has 1 fully saturated rings. The molecule has 0 saturated heterocycles. The molecule has 1 aliphatic heterocycles. The van der Waals surface area contributed by atoms with Crippen LogP contribution < -0.4 is 5.32 Å². The van der Waals surface area contributed by atoms with Crippen LogP contribution in [0.5, 0.6) is 0 Å². The molecule has 70 valence electrons. The maximum atomic E-state index is 4.56. The molecule has 2 heterocycles. The van der Waals surface area contributed by atoms with E-state index in [4.69, 9.17) is 0 Å². The summed E-state index contributed by atoms with van der Waals surface area (Å²) in [5.41, 5.74) is 0. The van der Waals surface area contributed by atoms with Crippen molar-refractivity contribution in [2.45, 2.75) is 38.3 Å². The SMILES string of the molecule is C1CC(c2nc3n(n2)CCNC3)C1. The highest BCUT2D eigenvalue weighted by atomic mass is 15.4. The zero-order chi connectivity index (χ0) is 8.67. The fourth-order valence-corrected chi connectivity index (χ4v) is 1.93. The second-order valence-electron chi connectivity index (χ2n) is 3.91. The molecule has 1 aromatic rings. The normalized spacial score (nSPS) is 22.5. The number of nitrogens with one attached hydrogen (secondary N) is 1. The first-order chi connectivity index (χ1) is 6.43. The summed E-state index contributed by atoms with van der Waals surface area (Å²) >= 11 is 0. The summed E-state index contributed by atoms with van der Waals surface area (Å²) in [6.45, 7) is 2.90. The van der Waals surface area contributed by atoms with E-state index in [-0.39, 0.29) is 0 Å². The van der Waals surface area contributed by atoms with Gasteiger partial charge < -0.3 is 5.32 Å². The summed E-state index contributed by atoms with van der Waals surface area (Å²) in [7, 11) is 0. The summed E-state index contributed by atoms with van der Waals surface area (Å²) in [4.78, 5) is 4.56. The second-order valence-corrected chi connectivity index (χ2v) is 3.91. The van der Waals surface area contributed by atoms with Gasteiger partial charge in [-0.1, -0.05) is 6.42 Å². The van der Waals surface area contributed by atoms with Crippen LogP contribution in [0.2, 0.25) is 0 Å². The van der Waals surface area contributed by atoms with E-state index in [1.807, 2.05) is 0 Å². The van der Waals surface area contributed by atoms with Gasteiger partial charge in [-0.2, -0.15) is 5.10 Å². The Kier molecular flexibility index (Phi) is 1.62. The number of nitrogens with zero attached hydrogens (tertiary/aromatic N) is 3. The summed E-state index contributed by atoms with van der Waals surface area (Å²) in [5, 5.41) is 7.84. The van der Waals surface area contributed by atoms with Gasteiger partial charge in [0.05, 0.1) is 13.1 Å². The van der Waals surface area contributed by atoms with E-state index in [9.17, 15) is 0 Å². The predicted molar refractivity (Wildman–Crippen MR) is 48.3 cm³/mol. The zero-order valence-electron chi connectivity index (χ0n) is 7.66. The molecule has 1 aliphatic carbocycles. The van der Waals surface area contributed by atoms with Gasteiger partial charge in [0, 0.05) is 12.5 Å². The Hall–Kier alpha value is -0.900. The standard InChI is InChI=1S/C9H14N4/c1-2-7(3-1)9-11-8-6-10-4-5-13(8)12-9/h7,10H,1-6H2. The minimum atomic E-state index is 0.665. The third kappa shape index (κ3) is 1.16. The molecule has 1 saturated carbocycles. The Morgan fingerprint density at radius 1 is 1.38 bits per heavy atom. The number of hydrogen-bond donors (Lipinski definition) is 1. The van der Waals surface area contributed by atoms with Gasteiger partial charge >= 0.3 is 0 Å². The summed E-state index contributed by atoms with van der Waals surface area (Å²) in [6.07, 6.45) is 3.93. The largest absolute Gasteiger partial charge is 0.308 e. The lowest BCUT2D eigenvalue weighted by molar-refractivity contribution is 0.397. The molecule has 0 aromatic carbocycles. The zero-order valence-corrected chi connectivity index (χ0v) is 7.66. The van der Waals surface area contributed by atoms with Crippen LogP contribution in [0.25, 0.3) is 0 Å². The molecule has 0 spiro atoms.